The van der Waals surface area contributed by atoms with E-state index in [1.165, 1.54) is 19.3 Å². The Hall–Kier alpha value is -2.10. The molecule has 22 heavy (non-hydrogen) atoms. The zero-order chi connectivity index (χ0) is 15.4. The molecule has 4 heteroatoms. The predicted octanol–water partition coefficient (Wildman–Crippen LogP) is 3.53. The minimum absolute atomic E-state index is 0.0885. The molecular weight excluding hydrogens is 276 g/mol. The SMILES string of the molecule is CCOc1ccc(/C=C2/N=C(C3CCCCC3)NC2=O)cc1. The van der Waals surface area contributed by atoms with Crippen LogP contribution in [0.5, 0.6) is 5.75 Å². The van der Waals surface area contributed by atoms with E-state index in [1.54, 1.807) is 0 Å². The van der Waals surface area contributed by atoms with Crippen molar-refractivity contribution in [2.24, 2.45) is 10.9 Å². The van der Waals surface area contributed by atoms with Crippen molar-refractivity contribution in [2.75, 3.05) is 6.61 Å². The van der Waals surface area contributed by atoms with Crippen LogP contribution in [0.1, 0.15) is 44.6 Å². The van der Waals surface area contributed by atoms with E-state index in [4.69, 9.17) is 4.74 Å². The van der Waals surface area contributed by atoms with E-state index in [9.17, 15) is 4.79 Å². The van der Waals surface area contributed by atoms with Gasteiger partial charge in [-0.15, -0.1) is 0 Å². The number of ether oxygens (including phenoxy) is 1. The number of rotatable bonds is 4. The highest BCUT2D eigenvalue weighted by Crippen LogP contribution is 2.27. The van der Waals surface area contributed by atoms with E-state index in [2.05, 4.69) is 10.3 Å². The average Bonchev–Trinajstić information content (AvgIpc) is 2.91. The fourth-order valence-corrected chi connectivity index (χ4v) is 3.04. The quantitative estimate of drug-likeness (QED) is 0.864. The van der Waals surface area contributed by atoms with Crippen LogP contribution >= 0.6 is 0 Å². The molecule has 1 aliphatic heterocycles. The highest BCUT2D eigenvalue weighted by molar-refractivity contribution is 6.15. The fraction of sp³-hybridized carbons (Fsp3) is 0.444. The van der Waals surface area contributed by atoms with Crippen molar-refractivity contribution in [3.05, 3.63) is 35.5 Å². The van der Waals surface area contributed by atoms with Crippen LogP contribution < -0.4 is 10.1 Å². The van der Waals surface area contributed by atoms with Crippen LogP contribution in [-0.2, 0) is 4.79 Å². The molecule has 0 spiro atoms. The molecule has 4 nitrogen and oxygen atoms in total. The van der Waals surface area contributed by atoms with E-state index in [0.717, 1.165) is 30.0 Å². The smallest absolute Gasteiger partial charge is 0.275 e. The zero-order valence-corrected chi connectivity index (χ0v) is 13.0. The number of hydrogen-bond acceptors (Lipinski definition) is 3. The summed E-state index contributed by atoms with van der Waals surface area (Å²) in [5, 5.41) is 2.94. The fourth-order valence-electron chi connectivity index (χ4n) is 3.04. The number of nitrogens with zero attached hydrogens (tertiary/aromatic N) is 1. The third-order valence-corrected chi connectivity index (χ3v) is 4.20. The number of benzene rings is 1. The van der Waals surface area contributed by atoms with Gasteiger partial charge in [-0.3, -0.25) is 4.79 Å². The van der Waals surface area contributed by atoms with Crippen molar-refractivity contribution in [1.29, 1.82) is 0 Å². The van der Waals surface area contributed by atoms with Crippen molar-refractivity contribution >= 4 is 17.8 Å². The van der Waals surface area contributed by atoms with Gasteiger partial charge >= 0.3 is 0 Å². The Morgan fingerprint density at radius 1 is 1.23 bits per heavy atom. The molecule has 116 valence electrons. The van der Waals surface area contributed by atoms with Crippen LogP contribution in [0.2, 0.25) is 0 Å². The lowest BCUT2D eigenvalue weighted by molar-refractivity contribution is -0.115. The number of amidine groups is 1. The summed E-state index contributed by atoms with van der Waals surface area (Å²) in [4.78, 5) is 16.6. The lowest BCUT2D eigenvalue weighted by Crippen LogP contribution is -2.31. The Kier molecular flexibility index (Phi) is 4.56. The lowest BCUT2D eigenvalue weighted by Gasteiger charge is -2.20. The molecule has 1 N–H and O–H groups in total. The van der Waals surface area contributed by atoms with Gasteiger partial charge in [0.1, 0.15) is 17.3 Å². The molecule has 0 radical (unpaired) electrons. The van der Waals surface area contributed by atoms with Gasteiger partial charge in [-0.1, -0.05) is 31.4 Å². The van der Waals surface area contributed by atoms with E-state index < -0.39 is 0 Å². The summed E-state index contributed by atoms with van der Waals surface area (Å²) in [6, 6.07) is 7.71. The van der Waals surface area contributed by atoms with Gasteiger partial charge < -0.3 is 10.1 Å². The molecule has 2 aliphatic rings. The standard InChI is InChI=1S/C18H22N2O2/c1-2-22-15-10-8-13(9-11-15)12-16-18(21)20-17(19-16)14-6-4-3-5-7-14/h8-12,14H,2-7H2,1H3,(H,19,20,21)/b16-12+. The summed E-state index contributed by atoms with van der Waals surface area (Å²) in [6.45, 7) is 2.61. The van der Waals surface area contributed by atoms with Crippen molar-refractivity contribution < 1.29 is 9.53 Å². The first-order chi connectivity index (χ1) is 10.8. The Morgan fingerprint density at radius 2 is 1.95 bits per heavy atom. The Morgan fingerprint density at radius 3 is 2.64 bits per heavy atom. The number of amides is 1. The molecule has 1 heterocycles. The molecule has 1 aromatic rings. The summed E-state index contributed by atoms with van der Waals surface area (Å²) in [5.74, 6) is 2.03. The third kappa shape index (κ3) is 3.38. The topological polar surface area (TPSA) is 50.7 Å². The van der Waals surface area contributed by atoms with Gasteiger partial charge in [-0.05, 0) is 43.5 Å². The van der Waals surface area contributed by atoms with E-state index in [0.29, 0.717) is 18.2 Å². The number of hydrogen-bond donors (Lipinski definition) is 1. The van der Waals surface area contributed by atoms with Crippen molar-refractivity contribution in [3.8, 4) is 5.75 Å². The van der Waals surface area contributed by atoms with Crippen LogP contribution in [0.4, 0.5) is 0 Å². The Balaban J connectivity index is 1.75. The molecule has 1 saturated carbocycles. The molecule has 1 aliphatic carbocycles. The molecule has 0 bridgehead atoms. The van der Waals surface area contributed by atoms with E-state index in [-0.39, 0.29) is 5.91 Å². The van der Waals surface area contributed by atoms with Gasteiger partial charge in [0, 0.05) is 5.92 Å². The maximum atomic E-state index is 12.1. The zero-order valence-electron chi connectivity index (χ0n) is 13.0. The van der Waals surface area contributed by atoms with Crippen LogP contribution in [-0.4, -0.2) is 18.3 Å². The number of carbonyl (C=O) groups excluding carboxylic acids is 1. The van der Waals surface area contributed by atoms with Gasteiger partial charge in [-0.2, -0.15) is 0 Å². The van der Waals surface area contributed by atoms with E-state index in [1.807, 2.05) is 37.3 Å². The first-order valence-electron chi connectivity index (χ1n) is 8.11. The molecule has 0 aromatic heterocycles. The van der Waals surface area contributed by atoms with Crippen molar-refractivity contribution in [3.63, 3.8) is 0 Å². The monoisotopic (exact) mass is 298 g/mol. The molecule has 0 unspecified atom stereocenters. The number of nitrogens with one attached hydrogen (secondary N) is 1. The summed E-state index contributed by atoms with van der Waals surface area (Å²) in [6.07, 6.45) is 7.87. The second-order valence-corrected chi connectivity index (χ2v) is 5.82. The van der Waals surface area contributed by atoms with Crippen LogP contribution in [0.25, 0.3) is 6.08 Å². The lowest BCUT2D eigenvalue weighted by atomic mass is 9.88. The molecule has 3 rings (SSSR count). The molecule has 1 aromatic carbocycles. The summed E-state index contributed by atoms with van der Waals surface area (Å²) >= 11 is 0. The van der Waals surface area contributed by atoms with E-state index >= 15 is 0 Å². The third-order valence-electron chi connectivity index (χ3n) is 4.20. The maximum absolute atomic E-state index is 12.1. The second kappa shape index (κ2) is 6.77. The minimum atomic E-state index is -0.0885. The maximum Gasteiger partial charge on any atom is 0.275 e. The number of carbonyl (C=O) groups is 1. The average molecular weight is 298 g/mol. The van der Waals surface area contributed by atoms with Crippen molar-refractivity contribution in [1.82, 2.24) is 5.32 Å². The molecule has 0 atom stereocenters. The number of aliphatic imine (C=N–C) groups is 1. The van der Waals surface area contributed by atoms with Gasteiger partial charge in [0.05, 0.1) is 6.61 Å². The summed E-state index contributed by atoms with van der Waals surface area (Å²) in [7, 11) is 0. The summed E-state index contributed by atoms with van der Waals surface area (Å²) < 4.78 is 5.42. The van der Waals surface area contributed by atoms with Crippen LogP contribution in [0.15, 0.2) is 35.0 Å². The second-order valence-electron chi connectivity index (χ2n) is 5.82. The van der Waals surface area contributed by atoms with Crippen molar-refractivity contribution in [2.45, 2.75) is 39.0 Å². The minimum Gasteiger partial charge on any atom is -0.494 e. The Labute approximate surface area is 131 Å². The van der Waals surface area contributed by atoms with Gasteiger partial charge in [0.15, 0.2) is 0 Å². The molecule has 0 saturated heterocycles. The molecule has 1 amide bonds. The highest BCUT2D eigenvalue weighted by atomic mass is 16.5. The highest BCUT2D eigenvalue weighted by Gasteiger charge is 2.27. The van der Waals surface area contributed by atoms with Crippen LogP contribution in [0.3, 0.4) is 0 Å². The largest absolute Gasteiger partial charge is 0.494 e. The molecular formula is C18H22N2O2. The van der Waals surface area contributed by atoms with Gasteiger partial charge in [-0.25, -0.2) is 4.99 Å². The Bertz CT molecular complexity index is 596. The predicted molar refractivity (Wildman–Crippen MR) is 87.7 cm³/mol. The van der Waals surface area contributed by atoms with Gasteiger partial charge in [0.25, 0.3) is 5.91 Å². The summed E-state index contributed by atoms with van der Waals surface area (Å²) in [5.41, 5.74) is 1.46. The first-order valence-corrected chi connectivity index (χ1v) is 8.11. The first kappa shape index (κ1) is 14.8. The van der Waals surface area contributed by atoms with Crippen LogP contribution in [0, 0.1) is 5.92 Å². The molecule has 1 fully saturated rings. The normalized spacial score (nSPS) is 20.9. The van der Waals surface area contributed by atoms with Gasteiger partial charge in [0.2, 0.25) is 0 Å².